The third kappa shape index (κ3) is 6.15. The number of hydrogen-bond donors (Lipinski definition) is 3. The van der Waals surface area contributed by atoms with Crippen LogP contribution >= 0.6 is 0 Å². The van der Waals surface area contributed by atoms with E-state index >= 15 is 0 Å². The Labute approximate surface area is 101 Å². The van der Waals surface area contributed by atoms with Crippen molar-refractivity contribution in [2.45, 2.75) is 19.5 Å². The molecule has 0 aromatic carbocycles. The number of nitrogens with zero attached hydrogens (tertiary/aromatic N) is 1. The predicted molar refractivity (Wildman–Crippen MR) is 65.9 cm³/mol. The normalized spacial score (nSPS) is 12.6. The highest BCUT2D eigenvalue weighted by Gasteiger charge is 2.01. The average molecular weight is 240 g/mol. The van der Waals surface area contributed by atoms with Crippen LogP contribution in [0.2, 0.25) is 0 Å². The Balaban J connectivity index is 2.16. The molecule has 0 saturated carbocycles. The molecule has 1 rings (SSSR count). The summed E-state index contributed by atoms with van der Waals surface area (Å²) in [6.45, 7) is 5.16. The standard InChI is InChI=1S/C11H20N4O2/c1-9(7-12-5-6-17-2)13-8-10-3-4-11(16)15-14-10/h3-4,9,12-13H,5-8H2,1-2H3,(H,15,16). The van der Waals surface area contributed by atoms with Gasteiger partial charge in [0.25, 0.3) is 5.56 Å². The number of aromatic amines is 1. The first-order chi connectivity index (χ1) is 8.22. The number of aromatic nitrogens is 2. The molecule has 0 fully saturated rings. The quantitative estimate of drug-likeness (QED) is 0.533. The van der Waals surface area contributed by atoms with Crippen LogP contribution in [-0.4, -0.2) is 43.0 Å². The highest BCUT2D eigenvalue weighted by molar-refractivity contribution is 4.98. The molecular weight excluding hydrogens is 220 g/mol. The first kappa shape index (κ1) is 13.8. The lowest BCUT2D eigenvalue weighted by Crippen LogP contribution is -2.37. The monoisotopic (exact) mass is 240 g/mol. The topological polar surface area (TPSA) is 79.0 Å². The first-order valence-corrected chi connectivity index (χ1v) is 5.70. The fourth-order valence-electron chi connectivity index (χ4n) is 1.32. The van der Waals surface area contributed by atoms with Crippen molar-refractivity contribution in [3.63, 3.8) is 0 Å². The second-order valence-corrected chi connectivity index (χ2v) is 3.89. The van der Waals surface area contributed by atoms with Gasteiger partial charge in [-0.2, -0.15) is 5.10 Å². The van der Waals surface area contributed by atoms with Gasteiger partial charge in [-0.15, -0.1) is 0 Å². The highest BCUT2D eigenvalue weighted by Crippen LogP contribution is 1.89. The Morgan fingerprint density at radius 3 is 3.00 bits per heavy atom. The minimum atomic E-state index is -0.178. The molecule has 1 aromatic heterocycles. The Morgan fingerprint density at radius 2 is 2.35 bits per heavy atom. The van der Waals surface area contributed by atoms with Gasteiger partial charge in [0.2, 0.25) is 0 Å². The molecule has 0 bridgehead atoms. The number of ether oxygens (including phenoxy) is 1. The molecule has 0 saturated heterocycles. The van der Waals surface area contributed by atoms with Gasteiger partial charge in [-0.3, -0.25) is 4.79 Å². The van der Waals surface area contributed by atoms with Crippen LogP contribution in [0.5, 0.6) is 0 Å². The Hall–Kier alpha value is -1.24. The van der Waals surface area contributed by atoms with Crippen molar-refractivity contribution in [1.29, 1.82) is 0 Å². The zero-order valence-electron chi connectivity index (χ0n) is 10.3. The third-order valence-electron chi connectivity index (χ3n) is 2.30. The van der Waals surface area contributed by atoms with E-state index < -0.39 is 0 Å². The van der Waals surface area contributed by atoms with Crippen molar-refractivity contribution in [2.75, 3.05) is 26.8 Å². The van der Waals surface area contributed by atoms with E-state index in [0.29, 0.717) is 19.2 Å². The molecule has 1 heterocycles. The number of nitrogens with one attached hydrogen (secondary N) is 3. The summed E-state index contributed by atoms with van der Waals surface area (Å²) in [5.74, 6) is 0. The largest absolute Gasteiger partial charge is 0.383 e. The molecule has 0 aliphatic heterocycles. The van der Waals surface area contributed by atoms with E-state index in [4.69, 9.17) is 4.74 Å². The van der Waals surface area contributed by atoms with E-state index in [0.717, 1.165) is 18.8 Å². The van der Waals surface area contributed by atoms with Crippen LogP contribution in [0.25, 0.3) is 0 Å². The summed E-state index contributed by atoms with van der Waals surface area (Å²) in [4.78, 5) is 10.8. The molecule has 0 amide bonds. The molecule has 1 aromatic rings. The molecule has 3 N–H and O–H groups in total. The molecule has 17 heavy (non-hydrogen) atoms. The lowest BCUT2D eigenvalue weighted by atomic mass is 10.3. The van der Waals surface area contributed by atoms with E-state index in [1.807, 2.05) is 0 Å². The summed E-state index contributed by atoms with van der Waals surface area (Å²) in [7, 11) is 1.69. The van der Waals surface area contributed by atoms with Crippen molar-refractivity contribution in [2.24, 2.45) is 0 Å². The Kier molecular flexibility index (Phi) is 6.46. The van der Waals surface area contributed by atoms with Gasteiger partial charge in [-0.25, -0.2) is 5.10 Å². The maximum atomic E-state index is 10.8. The summed E-state index contributed by atoms with van der Waals surface area (Å²) in [6, 6.07) is 3.53. The number of H-pyrrole nitrogens is 1. The molecule has 0 radical (unpaired) electrons. The van der Waals surface area contributed by atoms with Crippen LogP contribution in [0.15, 0.2) is 16.9 Å². The third-order valence-corrected chi connectivity index (χ3v) is 2.30. The zero-order chi connectivity index (χ0) is 12.5. The van der Waals surface area contributed by atoms with Crippen LogP contribution in [0.3, 0.4) is 0 Å². The van der Waals surface area contributed by atoms with Crippen molar-refractivity contribution >= 4 is 0 Å². The second-order valence-electron chi connectivity index (χ2n) is 3.89. The average Bonchev–Trinajstić information content (AvgIpc) is 2.34. The van der Waals surface area contributed by atoms with Gasteiger partial charge in [0, 0.05) is 38.9 Å². The lowest BCUT2D eigenvalue weighted by molar-refractivity contribution is 0.198. The number of methoxy groups -OCH3 is 1. The smallest absolute Gasteiger partial charge is 0.264 e. The molecular formula is C11H20N4O2. The lowest BCUT2D eigenvalue weighted by Gasteiger charge is -2.14. The van der Waals surface area contributed by atoms with E-state index in [1.54, 1.807) is 13.2 Å². The molecule has 0 spiro atoms. The number of hydrogen-bond acceptors (Lipinski definition) is 5. The molecule has 0 aliphatic carbocycles. The predicted octanol–water partition coefficient (Wildman–Crippen LogP) is -0.516. The fourth-order valence-corrected chi connectivity index (χ4v) is 1.32. The van der Waals surface area contributed by atoms with E-state index in [9.17, 15) is 4.79 Å². The van der Waals surface area contributed by atoms with Crippen molar-refractivity contribution in [1.82, 2.24) is 20.8 Å². The molecule has 1 unspecified atom stereocenters. The van der Waals surface area contributed by atoms with Gasteiger partial charge in [0.05, 0.1) is 12.3 Å². The summed E-state index contributed by atoms with van der Waals surface area (Å²) >= 11 is 0. The van der Waals surface area contributed by atoms with E-state index in [2.05, 4.69) is 27.8 Å². The summed E-state index contributed by atoms with van der Waals surface area (Å²) in [5, 5.41) is 12.9. The maximum absolute atomic E-state index is 10.8. The Bertz CT molecular complexity index is 346. The molecule has 0 aliphatic rings. The van der Waals surface area contributed by atoms with Crippen LogP contribution < -0.4 is 16.2 Å². The fraction of sp³-hybridized carbons (Fsp3) is 0.636. The zero-order valence-corrected chi connectivity index (χ0v) is 10.3. The molecule has 1 atom stereocenters. The van der Waals surface area contributed by atoms with E-state index in [1.165, 1.54) is 6.07 Å². The van der Waals surface area contributed by atoms with Crippen LogP contribution in [0, 0.1) is 0 Å². The SMILES string of the molecule is COCCNCC(C)NCc1ccc(=O)[nH]n1. The van der Waals surface area contributed by atoms with Crippen molar-refractivity contribution in [3.8, 4) is 0 Å². The summed E-state index contributed by atoms with van der Waals surface area (Å²) in [5.41, 5.74) is 0.649. The van der Waals surface area contributed by atoms with Gasteiger partial charge >= 0.3 is 0 Å². The molecule has 96 valence electrons. The van der Waals surface area contributed by atoms with Crippen LogP contribution in [0.4, 0.5) is 0 Å². The van der Waals surface area contributed by atoms with Crippen molar-refractivity contribution < 1.29 is 4.74 Å². The molecule has 6 nitrogen and oxygen atoms in total. The highest BCUT2D eigenvalue weighted by atomic mass is 16.5. The van der Waals surface area contributed by atoms with Gasteiger partial charge in [0.15, 0.2) is 0 Å². The summed E-state index contributed by atoms with van der Waals surface area (Å²) in [6.07, 6.45) is 0. The second kappa shape index (κ2) is 7.94. The van der Waals surface area contributed by atoms with Gasteiger partial charge in [-0.1, -0.05) is 0 Å². The van der Waals surface area contributed by atoms with E-state index in [-0.39, 0.29) is 5.56 Å². The first-order valence-electron chi connectivity index (χ1n) is 5.70. The minimum absolute atomic E-state index is 0.178. The maximum Gasteiger partial charge on any atom is 0.264 e. The number of rotatable bonds is 8. The van der Waals surface area contributed by atoms with Gasteiger partial charge < -0.3 is 15.4 Å². The Morgan fingerprint density at radius 1 is 1.53 bits per heavy atom. The minimum Gasteiger partial charge on any atom is -0.383 e. The van der Waals surface area contributed by atoms with Crippen molar-refractivity contribution in [3.05, 3.63) is 28.2 Å². The van der Waals surface area contributed by atoms with Gasteiger partial charge in [-0.05, 0) is 13.0 Å². The van der Waals surface area contributed by atoms with Crippen LogP contribution in [0.1, 0.15) is 12.6 Å². The summed E-state index contributed by atoms with van der Waals surface area (Å²) < 4.78 is 4.94. The van der Waals surface area contributed by atoms with Crippen LogP contribution in [-0.2, 0) is 11.3 Å². The van der Waals surface area contributed by atoms with Gasteiger partial charge in [0.1, 0.15) is 0 Å². The molecule has 6 heteroatoms.